The van der Waals surface area contributed by atoms with Crippen molar-refractivity contribution < 1.29 is 14.6 Å². The Kier molecular flexibility index (Phi) is 5.20. The first-order chi connectivity index (χ1) is 8.69. The number of hydrogen-bond acceptors (Lipinski definition) is 3. The van der Waals surface area contributed by atoms with Gasteiger partial charge >= 0.3 is 6.09 Å². The van der Waals surface area contributed by atoms with E-state index in [1.807, 2.05) is 6.92 Å². The van der Waals surface area contributed by atoms with Gasteiger partial charge in [-0.1, -0.05) is 17.7 Å². The average molecular weight is 286 g/mol. The SMILES string of the molecule is Cc1cc(Cl)ccc1C(O)CNC(=O)OC(C)(C)C. The van der Waals surface area contributed by atoms with Crippen LogP contribution in [-0.2, 0) is 4.74 Å². The summed E-state index contributed by atoms with van der Waals surface area (Å²) in [7, 11) is 0. The van der Waals surface area contributed by atoms with Crippen molar-refractivity contribution in [2.24, 2.45) is 0 Å². The lowest BCUT2D eigenvalue weighted by molar-refractivity contribution is 0.0491. The molecule has 0 aliphatic heterocycles. The Bertz CT molecular complexity index is 454. The topological polar surface area (TPSA) is 58.6 Å². The number of aryl methyl sites for hydroxylation is 1. The number of carbonyl (C=O) groups is 1. The fourth-order valence-electron chi connectivity index (χ4n) is 1.62. The van der Waals surface area contributed by atoms with Gasteiger partial charge in [0.25, 0.3) is 0 Å². The summed E-state index contributed by atoms with van der Waals surface area (Å²) in [6.07, 6.45) is -1.33. The lowest BCUT2D eigenvalue weighted by atomic mass is 10.0. The van der Waals surface area contributed by atoms with Gasteiger partial charge in [0.15, 0.2) is 0 Å². The zero-order valence-electron chi connectivity index (χ0n) is 11.7. The molecule has 1 aromatic rings. The third-order valence-electron chi connectivity index (χ3n) is 2.43. The number of amides is 1. The first kappa shape index (κ1) is 15.8. The van der Waals surface area contributed by atoms with E-state index in [-0.39, 0.29) is 6.54 Å². The molecule has 4 nitrogen and oxygen atoms in total. The fourth-order valence-corrected chi connectivity index (χ4v) is 1.84. The summed E-state index contributed by atoms with van der Waals surface area (Å²) in [5, 5.41) is 13.2. The largest absolute Gasteiger partial charge is 0.444 e. The quantitative estimate of drug-likeness (QED) is 0.896. The van der Waals surface area contributed by atoms with E-state index in [0.717, 1.165) is 11.1 Å². The Labute approximate surface area is 118 Å². The van der Waals surface area contributed by atoms with Crippen LogP contribution >= 0.6 is 11.6 Å². The number of aliphatic hydroxyl groups is 1. The van der Waals surface area contributed by atoms with Gasteiger partial charge in [0.05, 0.1) is 12.6 Å². The van der Waals surface area contributed by atoms with Crippen LogP contribution in [0.3, 0.4) is 0 Å². The highest BCUT2D eigenvalue weighted by Gasteiger charge is 2.17. The normalized spacial score (nSPS) is 12.9. The average Bonchev–Trinajstić information content (AvgIpc) is 2.23. The van der Waals surface area contributed by atoms with E-state index in [1.165, 1.54) is 0 Å². The van der Waals surface area contributed by atoms with E-state index < -0.39 is 17.8 Å². The minimum absolute atomic E-state index is 0.0946. The minimum atomic E-state index is -0.787. The smallest absolute Gasteiger partial charge is 0.407 e. The summed E-state index contributed by atoms with van der Waals surface area (Å²) in [4.78, 5) is 11.5. The number of hydrogen-bond donors (Lipinski definition) is 2. The number of alkyl carbamates (subject to hydrolysis) is 1. The molecular formula is C14H20ClNO3. The standard InChI is InChI=1S/C14H20ClNO3/c1-9-7-10(15)5-6-11(9)12(17)8-16-13(18)19-14(2,3)4/h5-7,12,17H,8H2,1-4H3,(H,16,18). The third kappa shape index (κ3) is 5.49. The molecule has 106 valence electrons. The van der Waals surface area contributed by atoms with Crippen molar-refractivity contribution in [2.75, 3.05) is 6.54 Å². The van der Waals surface area contributed by atoms with Crippen molar-refractivity contribution in [1.82, 2.24) is 5.32 Å². The van der Waals surface area contributed by atoms with E-state index in [9.17, 15) is 9.90 Å². The number of carbonyl (C=O) groups excluding carboxylic acids is 1. The number of nitrogens with one attached hydrogen (secondary N) is 1. The van der Waals surface area contributed by atoms with Gasteiger partial charge in [-0.2, -0.15) is 0 Å². The van der Waals surface area contributed by atoms with Crippen molar-refractivity contribution in [3.05, 3.63) is 34.3 Å². The van der Waals surface area contributed by atoms with Crippen LogP contribution in [-0.4, -0.2) is 23.3 Å². The molecule has 5 heteroatoms. The molecular weight excluding hydrogens is 266 g/mol. The third-order valence-corrected chi connectivity index (χ3v) is 2.66. The van der Waals surface area contributed by atoms with Crippen LogP contribution < -0.4 is 5.32 Å². The van der Waals surface area contributed by atoms with Crippen molar-refractivity contribution in [2.45, 2.75) is 39.4 Å². The molecule has 0 aliphatic carbocycles. The van der Waals surface area contributed by atoms with Gasteiger partial charge in [0, 0.05) is 5.02 Å². The zero-order valence-corrected chi connectivity index (χ0v) is 12.4. The first-order valence-corrected chi connectivity index (χ1v) is 6.48. The predicted octanol–water partition coefficient (Wildman–Crippen LogP) is 3.21. The van der Waals surface area contributed by atoms with Crippen LogP contribution in [0, 0.1) is 6.92 Å². The van der Waals surface area contributed by atoms with Crippen LogP contribution in [0.2, 0.25) is 5.02 Å². The van der Waals surface area contributed by atoms with Gasteiger partial charge in [0.1, 0.15) is 5.60 Å². The van der Waals surface area contributed by atoms with Gasteiger partial charge in [-0.3, -0.25) is 0 Å². The number of aliphatic hydroxyl groups excluding tert-OH is 1. The number of rotatable bonds is 3. The number of benzene rings is 1. The van der Waals surface area contributed by atoms with Crippen LogP contribution in [0.5, 0.6) is 0 Å². The summed E-state index contributed by atoms with van der Waals surface area (Å²) < 4.78 is 5.09. The minimum Gasteiger partial charge on any atom is -0.444 e. The van der Waals surface area contributed by atoms with E-state index in [0.29, 0.717) is 5.02 Å². The number of ether oxygens (including phenoxy) is 1. The van der Waals surface area contributed by atoms with E-state index in [4.69, 9.17) is 16.3 Å². The molecule has 1 rings (SSSR count). The molecule has 1 amide bonds. The molecule has 0 aliphatic rings. The van der Waals surface area contributed by atoms with Crippen LogP contribution in [0.15, 0.2) is 18.2 Å². The van der Waals surface area contributed by atoms with Gasteiger partial charge < -0.3 is 15.2 Å². The van der Waals surface area contributed by atoms with Crippen molar-refractivity contribution in [3.8, 4) is 0 Å². The summed E-state index contributed by atoms with van der Waals surface area (Å²) >= 11 is 5.85. The Hall–Kier alpha value is -1.26. The maximum Gasteiger partial charge on any atom is 0.407 e. The van der Waals surface area contributed by atoms with Gasteiger partial charge in [-0.25, -0.2) is 4.79 Å². The van der Waals surface area contributed by atoms with Crippen LogP contribution in [0.1, 0.15) is 38.0 Å². The molecule has 0 fully saturated rings. The molecule has 0 bridgehead atoms. The molecule has 19 heavy (non-hydrogen) atoms. The Morgan fingerprint density at radius 2 is 2.11 bits per heavy atom. The second-order valence-corrected chi connectivity index (χ2v) is 5.84. The van der Waals surface area contributed by atoms with E-state index in [1.54, 1.807) is 39.0 Å². The predicted molar refractivity (Wildman–Crippen MR) is 75.4 cm³/mol. The van der Waals surface area contributed by atoms with Crippen molar-refractivity contribution in [3.63, 3.8) is 0 Å². The fraction of sp³-hybridized carbons (Fsp3) is 0.500. The molecule has 0 heterocycles. The molecule has 0 radical (unpaired) electrons. The highest BCUT2D eigenvalue weighted by molar-refractivity contribution is 6.30. The molecule has 2 N–H and O–H groups in total. The molecule has 1 unspecified atom stereocenters. The Morgan fingerprint density at radius 1 is 1.47 bits per heavy atom. The molecule has 0 spiro atoms. The summed E-state index contributed by atoms with van der Waals surface area (Å²) in [5.74, 6) is 0. The lowest BCUT2D eigenvalue weighted by Gasteiger charge is -2.21. The highest BCUT2D eigenvalue weighted by Crippen LogP contribution is 2.21. The van der Waals surface area contributed by atoms with E-state index in [2.05, 4.69) is 5.32 Å². The summed E-state index contributed by atoms with van der Waals surface area (Å²) in [6, 6.07) is 5.23. The molecule has 0 aromatic heterocycles. The van der Waals surface area contributed by atoms with Crippen molar-refractivity contribution >= 4 is 17.7 Å². The van der Waals surface area contributed by atoms with Crippen molar-refractivity contribution in [1.29, 1.82) is 0 Å². The van der Waals surface area contributed by atoms with Gasteiger partial charge in [0.2, 0.25) is 0 Å². The zero-order chi connectivity index (χ0) is 14.6. The maximum atomic E-state index is 11.5. The van der Waals surface area contributed by atoms with Gasteiger partial charge in [-0.05, 0) is 51.0 Å². The van der Waals surface area contributed by atoms with Crippen LogP contribution in [0.25, 0.3) is 0 Å². The highest BCUT2D eigenvalue weighted by atomic mass is 35.5. The van der Waals surface area contributed by atoms with Crippen LogP contribution in [0.4, 0.5) is 4.79 Å². The molecule has 1 aromatic carbocycles. The number of halogens is 1. The first-order valence-electron chi connectivity index (χ1n) is 6.10. The lowest BCUT2D eigenvalue weighted by Crippen LogP contribution is -2.34. The Morgan fingerprint density at radius 3 is 2.63 bits per heavy atom. The maximum absolute atomic E-state index is 11.5. The summed E-state index contributed by atoms with van der Waals surface area (Å²) in [5.41, 5.74) is 1.07. The van der Waals surface area contributed by atoms with E-state index >= 15 is 0 Å². The molecule has 0 saturated carbocycles. The second-order valence-electron chi connectivity index (χ2n) is 5.40. The monoisotopic (exact) mass is 285 g/mol. The second kappa shape index (κ2) is 6.26. The Balaban J connectivity index is 2.56. The summed E-state index contributed by atoms with van der Waals surface area (Å²) in [6.45, 7) is 7.31. The van der Waals surface area contributed by atoms with Gasteiger partial charge in [-0.15, -0.1) is 0 Å². The molecule has 1 atom stereocenters. The molecule has 0 saturated heterocycles.